The lowest BCUT2D eigenvalue weighted by Crippen LogP contribution is -2.43. The molecule has 0 radical (unpaired) electrons. The van der Waals surface area contributed by atoms with Gasteiger partial charge < -0.3 is 9.64 Å². The zero-order valence-corrected chi connectivity index (χ0v) is 11.4. The van der Waals surface area contributed by atoms with Crippen molar-refractivity contribution in [1.29, 1.82) is 0 Å². The number of likely N-dealkylation sites (N-methyl/N-ethyl adjacent to an activating group) is 1. The van der Waals surface area contributed by atoms with Crippen LogP contribution < -0.4 is 9.64 Å². The van der Waals surface area contributed by atoms with E-state index in [1.165, 1.54) is 11.0 Å². The van der Waals surface area contributed by atoms with Crippen LogP contribution in [0.15, 0.2) is 12.1 Å². The van der Waals surface area contributed by atoms with Gasteiger partial charge in [0.2, 0.25) is 0 Å². The fraction of sp³-hybridized carbons (Fsp3) is 0.333. The smallest absolute Gasteiger partial charge is 0.267 e. The van der Waals surface area contributed by atoms with Crippen LogP contribution in [0.2, 0.25) is 5.02 Å². The van der Waals surface area contributed by atoms with Gasteiger partial charge in [0.05, 0.1) is 11.3 Å². The zero-order valence-electron chi connectivity index (χ0n) is 9.87. The predicted octanol–water partition coefficient (Wildman–Crippen LogP) is 2.85. The summed E-state index contributed by atoms with van der Waals surface area (Å²) in [7, 11) is 1.62. The molecule has 0 aromatic heterocycles. The Morgan fingerprint density at radius 3 is 2.72 bits per heavy atom. The van der Waals surface area contributed by atoms with Crippen molar-refractivity contribution in [3.05, 3.63) is 22.7 Å². The van der Waals surface area contributed by atoms with Gasteiger partial charge in [-0.25, -0.2) is 0 Å². The molecule has 1 aliphatic rings. The molecule has 0 N–H and O–H groups in total. The second-order valence-electron chi connectivity index (χ2n) is 3.99. The minimum absolute atomic E-state index is 0.166. The van der Waals surface area contributed by atoms with Crippen LogP contribution in [0.1, 0.15) is 23.7 Å². The number of hydrogen-bond acceptors (Lipinski definition) is 3. The van der Waals surface area contributed by atoms with Crippen molar-refractivity contribution in [3.8, 4) is 5.75 Å². The first kappa shape index (κ1) is 13.2. The highest BCUT2D eigenvalue weighted by Crippen LogP contribution is 2.40. The van der Waals surface area contributed by atoms with Crippen molar-refractivity contribution in [2.45, 2.75) is 19.4 Å². The van der Waals surface area contributed by atoms with Gasteiger partial charge in [-0.3, -0.25) is 9.59 Å². The molecule has 18 heavy (non-hydrogen) atoms. The van der Waals surface area contributed by atoms with E-state index >= 15 is 0 Å². The molecule has 1 aliphatic heterocycles. The number of halogens is 2. The summed E-state index contributed by atoms with van der Waals surface area (Å²) in [6.45, 7) is 1.83. The summed E-state index contributed by atoms with van der Waals surface area (Å²) in [4.78, 5) is 24.8. The summed E-state index contributed by atoms with van der Waals surface area (Å²) in [6.07, 6.45) is -0.0836. The summed E-state index contributed by atoms with van der Waals surface area (Å²) in [6, 6.07) is 3.01. The first-order valence-electron chi connectivity index (χ1n) is 5.43. The van der Waals surface area contributed by atoms with Gasteiger partial charge in [0, 0.05) is 12.1 Å². The van der Waals surface area contributed by atoms with Gasteiger partial charge in [-0.1, -0.05) is 18.5 Å². The molecule has 96 valence electrons. The highest BCUT2D eigenvalue weighted by molar-refractivity contribution is 6.68. The van der Waals surface area contributed by atoms with Gasteiger partial charge in [0.25, 0.3) is 11.1 Å². The van der Waals surface area contributed by atoms with Crippen LogP contribution in [0.25, 0.3) is 0 Å². The molecule has 4 nitrogen and oxygen atoms in total. The van der Waals surface area contributed by atoms with Gasteiger partial charge in [-0.2, -0.15) is 0 Å². The highest BCUT2D eigenvalue weighted by atomic mass is 35.5. The summed E-state index contributed by atoms with van der Waals surface area (Å²) in [5, 5.41) is -0.331. The van der Waals surface area contributed by atoms with Crippen LogP contribution in [-0.4, -0.2) is 24.3 Å². The predicted molar refractivity (Wildman–Crippen MR) is 69.8 cm³/mol. The third kappa shape index (κ3) is 2.06. The normalized spacial score (nSPS) is 18.3. The van der Waals surface area contributed by atoms with E-state index in [2.05, 4.69) is 0 Å². The maximum atomic E-state index is 12.0. The molecule has 0 saturated heterocycles. The van der Waals surface area contributed by atoms with Crippen LogP contribution in [-0.2, 0) is 4.79 Å². The monoisotopic (exact) mass is 287 g/mol. The molecule has 1 heterocycles. The van der Waals surface area contributed by atoms with E-state index in [1.54, 1.807) is 13.1 Å². The van der Waals surface area contributed by atoms with Gasteiger partial charge >= 0.3 is 0 Å². The second-order valence-corrected chi connectivity index (χ2v) is 4.77. The summed E-state index contributed by atoms with van der Waals surface area (Å²) >= 11 is 11.4. The number of benzene rings is 1. The summed E-state index contributed by atoms with van der Waals surface area (Å²) < 4.78 is 5.56. The van der Waals surface area contributed by atoms with Gasteiger partial charge in [0.15, 0.2) is 11.9 Å². The number of ether oxygens (including phenoxy) is 1. The van der Waals surface area contributed by atoms with E-state index in [-0.39, 0.29) is 11.5 Å². The maximum Gasteiger partial charge on any atom is 0.267 e. The third-order valence-electron chi connectivity index (χ3n) is 2.84. The molecule has 1 aromatic carbocycles. The topological polar surface area (TPSA) is 46.6 Å². The van der Waals surface area contributed by atoms with E-state index < -0.39 is 11.3 Å². The lowest BCUT2D eigenvalue weighted by atomic mass is 10.1. The Morgan fingerprint density at radius 2 is 2.17 bits per heavy atom. The highest BCUT2D eigenvalue weighted by Gasteiger charge is 2.33. The van der Waals surface area contributed by atoms with Gasteiger partial charge in [-0.15, -0.1) is 0 Å². The van der Waals surface area contributed by atoms with E-state index in [9.17, 15) is 9.59 Å². The molecule has 1 aromatic rings. The van der Waals surface area contributed by atoms with Gasteiger partial charge in [-0.05, 0) is 30.2 Å². The molecule has 1 amide bonds. The average molecular weight is 288 g/mol. The van der Waals surface area contributed by atoms with Crippen LogP contribution in [0, 0.1) is 0 Å². The van der Waals surface area contributed by atoms with Crippen molar-refractivity contribution >= 4 is 40.0 Å². The maximum absolute atomic E-state index is 12.0. The number of nitrogens with zero attached hydrogens (tertiary/aromatic N) is 1. The molecule has 0 aliphatic carbocycles. The Morgan fingerprint density at radius 1 is 1.50 bits per heavy atom. The number of hydrogen-bond donors (Lipinski definition) is 0. The zero-order chi connectivity index (χ0) is 13.4. The van der Waals surface area contributed by atoms with Crippen LogP contribution >= 0.6 is 23.2 Å². The van der Waals surface area contributed by atoms with Gasteiger partial charge in [0.1, 0.15) is 0 Å². The second kappa shape index (κ2) is 4.78. The van der Waals surface area contributed by atoms with E-state index in [4.69, 9.17) is 27.9 Å². The Kier molecular flexibility index (Phi) is 3.50. The SMILES string of the molecule is CCC1Oc2c(C(=O)Cl)cc(Cl)cc2N(C)C1=O. The Hall–Kier alpha value is -1.26. The first-order valence-corrected chi connectivity index (χ1v) is 6.19. The fourth-order valence-electron chi connectivity index (χ4n) is 1.88. The summed E-state index contributed by atoms with van der Waals surface area (Å²) in [5.74, 6) is 0.147. The number of rotatable bonds is 2. The molecule has 6 heteroatoms. The minimum Gasteiger partial charge on any atom is -0.478 e. The van der Waals surface area contributed by atoms with Crippen molar-refractivity contribution in [2.75, 3.05) is 11.9 Å². The molecular formula is C12H11Cl2NO3. The molecule has 0 bridgehead atoms. The van der Waals surface area contributed by atoms with E-state index in [0.29, 0.717) is 22.9 Å². The number of fused-ring (bicyclic) bond motifs is 1. The Bertz CT molecular complexity index is 530. The Labute approximate surface area is 114 Å². The number of carbonyl (C=O) groups excluding carboxylic acids is 2. The van der Waals surface area contributed by atoms with Crippen molar-refractivity contribution < 1.29 is 14.3 Å². The number of amides is 1. The Balaban J connectivity index is 2.62. The summed E-state index contributed by atoms with van der Waals surface area (Å²) in [5.41, 5.74) is 0.637. The number of carbonyl (C=O) groups is 2. The molecule has 1 unspecified atom stereocenters. The first-order chi connectivity index (χ1) is 8.45. The lowest BCUT2D eigenvalue weighted by molar-refractivity contribution is -0.126. The van der Waals surface area contributed by atoms with Crippen LogP contribution in [0.3, 0.4) is 0 Å². The molecule has 0 fully saturated rings. The lowest BCUT2D eigenvalue weighted by Gasteiger charge is -2.32. The van der Waals surface area contributed by atoms with E-state index in [1.807, 2.05) is 6.92 Å². The molecule has 2 rings (SSSR count). The molecule has 0 spiro atoms. The minimum atomic E-state index is -0.661. The molecule has 0 saturated carbocycles. The van der Waals surface area contributed by atoms with Crippen molar-refractivity contribution in [3.63, 3.8) is 0 Å². The third-order valence-corrected chi connectivity index (χ3v) is 3.27. The van der Waals surface area contributed by atoms with Crippen LogP contribution in [0.5, 0.6) is 5.75 Å². The largest absolute Gasteiger partial charge is 0.478 e. The van der Waals surface area contributed by atoms with Crippen molar-refractivity contribution in [2.24, 2.45) is 0 Å². The van der Waals surface area contributed by atoms with Crippen molar-refractivity contribution in [1.82, 2.24) is 0 Å². The molecule has 1 atom stereocenters. The quantitative estimate of drug-likeness (QED) is 0.786. The number of anilines is 1. The average Bonchev–Trinajstić information content (AvgIpc) is 2.33. The van der Waals surface area contributed by atoms with E-state index in [0.717, 1.165) is 0 Å². The standard InChI is InChI=1S/C12H11Cl2NO3/c1-3-9-12(17)15(2)8-5-6(13)4-7(11(14)16)10(8)18-9/h4-5,9H,3H2,1-2H3. The van der Waals surface area contributed by atoms with Crippen LogP contribution in [0.4, 0.5) is 5.69 Å². The molecular weight excluding hydrogens is 277 g/mol. The fourth-order valence-corrected chi connectivity index (χ4v) is 2.24.